The Kier molecular flexibility index (Phi) is 8.10. The lowest BCUT2D eigenvalue weighted by molar-refractivity contribution is -0.179. The van der Waals surface area contributed by atoms with Gasteiger partial charge in [0.15, 0.2) is 24.4 Å². The van der Waals surface area contributed by atoms with E-state index in [-0.39, 0.29) is 0 Å². The number of carbonyl (C=O) groups is 4. The molecule has 0 fully saturated rings. The Hall–Kier alpha value is -2.28. The Balaban J connectivity index is 4.38. The molecule has 23 heavy (non-hydrogen) atoms. The van der Waals surface area contributed by atoms with E-state index in [0.717, 1.165) is 6.92 Å². The molecular weight excluding hydrogens is 324 g/mol. The van der Waals surface area contributed by atoms with Crippen LogP contribution in [0.4, 0.5) is 0 Å². The number of hydrogen-bond acceptors (Lipinski definition) is 10. The highest BCUT2D eigenvalue weighted by atomic mass is 16.6. The zero-order chi connectivity index (χ0) is 18.3. The first-order valence-corrected chi connectivity index (χ1v) is 6.04. The SMILES string of the molecule is CC(COC(=O)C(O)C(O)C(=O)O)OC(=O)C(O)C(O)C(=O)O. The summed E-state index contributed by atoms with van der Waals surface area (Å²) in [5.74, 6) is -6.73. The monoisotopic (exact) mass is 340 g/mol. The van der Waals surface area contributed by atoms with Crippen molar-refractivity contribution in [3.63, 3.8) is 0 Å². The van der Waals surface area contributed by atoms with Crippen LogP contribution in [0, 0.1) is 0 Å². The molecule has 0 aliphatic heterocycles. The number of carbonyl (C=O) groups excluding carboxylic acids is 2. The molecule has 0 saturated heterocycles. The molecule has 6 N–H and O–H groups in total. The Labute approximate surface area is 128 Å². The van der Waals surface area contributed by atoms with Crippen molar-refractivity contribution >= 4 is 23.9 Å². The maximum Gasteiger partial charge on any atom is 0.338 e. The summed E-state index contributed by atoms with van der Waals surface area (Å²) >= 11 is 0. The number of aliphatic carboxylic acids is 2. The third-order valence-corrected chi connectivity index (χ3v) is 2.36. The van der Waals surface area contributed by atoms with Crippen LogP contribution in [0.15, 0.2) is 0 Å². The van der Waals surface area contributed by atoms with Crippen molar-refractivity contribution in [2.45, 2.75) is 37.4 Å². The number of rotatable bonds is 9. The van der Waals surface area contributed by atoms with Gasteiger partial charge in [0.05, 0.1) is 0 Å². The topological polar surface area (TPSA) is 208 Å². The minimum absolute atomic E-state index is 0.691. The van der Waals surface area contributed by atoms with E-state index in [1.165, 1.54) is 0 Å². The molecule has 0 rings (SSSR count). The predicted molar refractivity (Wildman–Crippen MR) is 65.8 cm³/mol. The van der Waals surface area contributed by atoms with Crippen LogP contribution < -0.4 is 0 Å². The van der Waals surface area contributed by atoms with Gasteiger partial charge in [-0.25, -0.2) is 19.2 Å². The quantitative estimate of drug-likeness (QED) is 0.222. The van der Waals surface area contributed by atoms with Gasteiger partial charge in [0.25, 0.3) is 0 Å². The van der Waals surface area contributed by atoms with Gasteiger partial charge in [-0.15, -0.1) is 0 Å². The van der Waals surface area contributed by atoms with Crippen molar-refractivity contribution in [2.75, 3.05) is 6.61 Å². The Morgan fingerprint density at radius 3 is 1.57 bits per heavy atom. The first-order chi connectivity index (χ1) is 10.5. The first kappa shape index (κ1) is 20.7. The fourth-order valence-corrected chi connectivity index (χ4v) is 1.11. The summed E-state index contributed by atoms with van der Waals surface area (Å²) in [5, 5.41) is 52.9. The van der Waals surface area contributed by atoms with E-state index in [2.05, 4.69) is 9.47 Å². The van der Waals surface area contributed by atoms with Gasteiger partial charge in [-0.2, -0.15) is 0 Å². The minimum Gasteiger partial charge on any atom is -0.479 e. The number of esters is 2. The van der Waals surface area contributed by atoms with E-state index in [4.69, 9.17) is 30.6 Å². The molecule has 0 bridgehead atoms. The lowest BCUT2D eigenvalue weighted by atomic mass is 10.2. The molecule has 0 aromatic heterocycles. The second-order valence-corrected chi connectivity index (χ2v) is 4.33. The number of carboxylic acids is 2. The van der Waals surface area contributed by atoms with E-state index in [1.807, 2.05) is 0 Å². The van der Waals surface area contributed by atoms with Crippen LogP contribution in [0.3, 0.4) is 0 Å². The Morgan fingerprint density at radius 1 is 0.783 bits per heavy atom. The van der Waals surface area contributed by atoms with E-state index < -0.39 is 61.0 Å². The molecule has 132 valence electrons. The molecule has 0 aliphatic carbocycles. The van der Waals surface area contributed by atoms with Crippen molar-refractivity contribution in [1.29, 1.82) is 0 Å². The number of aliphatic hydroxyl groups is 4. The summed E-state index contributed by atoms with van der Waals surface area (Å²) in [6.45, 7) is 0.467. The van der Waals surface area contributed by atoms with Crippen LogP contribution in [-0.2, 0) is 28.7 Å². The summed E-state index contributed by atoms with van der Waals surface area (Å²) in [7, 11) is 0. The van der Waals surface area contributed by atoms with Gasteiger partial charge in [-0.05, 0) is 6.92 Å². The molecule has 0 heterocycles. The van der Waals surface area contributed by atoms with E-state index in [1.54, 1.807) is 0 Å². The van der Waals surface area contributed by atoms with Gasteiger partial charge < -0.3 is 40.1 Å². The fraction of sp³-hybridized carbons (Fsp3) is 0.636. The normalized spacial score (nSPS) is 17.3. The maximum atomic E-state index is 11.3. The standard InChI is InChI=1S/C11H16O12/c1-3(23-11(21)7(15)5(13)9(18)19)2-22-10(20)6(14)4(12)8(16)17/h3-7,12-15H,2H2,1H3,(H,16,17)(H,18,19). The third-order valence-electron chi connectivity index (χ3n) is 2.36. The maximum absolute atomic E-state index is 11.3. The predicted octanol–water partition coefficient (Wildman–Crippen LogP) is -3.93. The van der Waals surface area contributed by atoms with Crippen LogP contribution in [0.25, 0.3) is 0 Å². The van der Waals surface area contributed by atoms with Gasteiger partial charge in [-0.1, -0.05) is 0 Å². The summed E-state index contributed by atoms with van der Waals surface area (Å²) in [5.41, 5.74) is 0. The highest BCUT2D eigenvalue weighted by Gasteiger charge is 2.34. The zero-order valence-corrected chi connectivity index (χ0v) is 11.7. The summed E-state index contributed by atoms with van der Waals surface area (Å²) in [6, 6.07) is 0. The molecule has 0 radical (unpaired) electrons. The molecule has 12 heteroatoms. The smallest absolute Gasteiger partial charge is 0.338 e. The molecule has 0 saturated carbocycles. The van der Waals surface area contributed by atoms with Crippen LogP contribution in [0.5, 0.6) is 0 Å². The molecular formula is C11H16O12. The number of aliphatic hydroxyl groups excluding tert-OH is 4. The largest absolute Gasteiger partial charge is 0.479 e. The van der Waals surface area contributed by atoms with E-state index in [0.29, 0.717) is 0 Å². The van der Waals surface area contributed by atoms with Crippen LogP contribution in [0.2, 0.25) is 0 Å². The van der Waals surface area contributed by atoms with Gasteiger partial charge in [0.1, 0.15) is 12.7 Å². The molecule has 5 atom stereocenters. The molecule has 0 aromatic rings. The van der Waals surface area contributed by atoms with Crippen LogP contribution >= 0.6 is 0 Å². The average molecular weight is 340 g/mol. The highest BCUT2D eigenvalue weighted by molar-refractivity contribution is 5.85. The number of ether oxygens (including phenoxy) is 2. The van der Waals surface area contributed by atoms with Gasteiger partial charge in [0, 0.05) is 0 Å². The van der Waals surface area contributed by atoms with Crippen molar-refractivity contribution in [3.05, 3.63) is 0 Å². The molecule has 12 nitrogen and oxygen atoms in total. The van der Waals surface area contributed by atoms with E-state index in [9.17, 15) is 19.2 Å². The number of hydrogen-bond donors (Lipinski definition) is 6. The molecule has 0 spiro atoms. The summed E-state index contributed by atoms with van der Waals surface area (Å²) in [6.07, 6.45) is -10.8. The van der Waals surface area contributed by atoms with Crippen molar-refractivity contribution in [1.82, 2.24) is 0 Å². The Bertz CT molecular complexity index is 460. The van der Waals surface area contributed by atoms with Crippen molar-refractivity contribution in [2.24, 2.45) is 0 Å². The van der Waals surface area contributed by atoms with Crippen LogP contribution in [-0.4, -0.2) is 91.6 Å². The third kappa shape index (κ3) is 6.56. The fourth-order valence-electron chi connectivity index (χ4n) is 1.11. The first-order valence-electron chi connectivity index (χ1n) is 6.04. The summed E-state index contributed by atoms with van der Waals surface area (Å²) in [4.78, 5) is 43.2. The lowest BCUT2D eigenvalue weighted by Crippen LogP contribution is -2.43. The average Bonchev–Trinajstić information content (AvgIpc) is 2.48. The molecule has 0 amide bonds. The molecule has 5 unspecified atom stereocenters. The second-order valence-electron chi connectivity index (χ2n) is 4.33. The van der Waals surface area contributed by atoms with Gasteiger partial charge in [0.2, 0.25) is 0 Å². The number of carboxylic acid groups (broad SMARTS) is 2. The van der Waals surface area contributed by atoms with Gasteiger partial charge >= 0.3 is 23.9 Å². The second kappa shape index (κ2) is 8.99. The lowest BCUT2D eigenvalue weighted by Gasteiger charge is -2.19. The molecule has 0 aromatic carbocycles. The van der Waals surface area contributed by atoms with Crippen molar-refractivity contribution < 1.29 is 59.3 Å². The Morgan fingerprint density at radius 2 is 1.17 bits per heavy atom. The zero-order valence-electron chi connectivity index (χ0n) is 11.7. The van der Waals surface area contributed by atoms with E-state index >= 15 is 0 Å². The van der Waals surface area contributed by atoms with Crippen molar-refractivity contribution in [3.8, 4) is 0 Å². The summed E-state index contributed by atoms with van der Waals surface area (Å²) < 4.78 is 8.85. The van der Waals surface area contributed by atoms with Crippen LogP contribution in [0.1, 0.15) is 6.92 Å². The molecule has 0 aliphatic rings. The highest BCUT2D eigenvalue weighted by Crippen LogP contribution is 2.03. The minimum atomic E-state index is -2.41. The van der Waals surface area contributed by atoms with Gasteiger partial charge in [-0.3, -0.25) is 0 Å².